The van der Waals surface area contributed by atoms with Crippen LogP contribution >= 0.6 is 0 Å². The lowest BCUT2D eigenvalue weighted by atomic mass is 10.1. The first-order chi connectivity index (χ1) is 9.63. The van der Waals surface area contributed by atoms with Gasteiger partial charge < -0.3 is 5.11 Å². The third-order valence-corrected chi connectivity index (χ3v) is 2.97. The van der Waals surface area contributed by atoms with Gasteiger partial charge in [0.2, 0.25) is 0 Å². The average molecular weight is 278 g/mol. The molecule has 0 heterocycles. The van der Waals surface area contributed by atoms with Crippen LogP contribution in [0.15, 0.2) is 36.5 Å². The van der Waals surface area contributed by atoms with E-state index in [0.717, 1.165) is 38.0 Å². The van der Waals surface area contributed by atoms with E-state index >= 15 is 0 Å². The lowest BCUT2D eigenvalue weighted by Crippen LogP contribution is -1.92. The number of carboxylic acids is 1. The Morgan fingerprint density at radius 2 is 1.45 bits per heavy atom. The number of carboxylic acid groups (broad SMARTS) is 1. The maximum absolute atomic E-state index is 10.3. The van der Waals surface area contributed by atoms with Crippen LogP contribution in [0.4, 0.5) is 0 Å². The smallest absolute Gasteiger partial charge is 0.303 e. The van der Waals surface area contributed by atoms with Gasteiger partial charge in [0.25, 0.3) is 0 Å². The third kappa shape index (κ3) is 16.7. The molecule has 20 heavy (non-hydrogen) atoms. The minimum Gasteiger partial charge on any atom is -0.481 e. The van der Waals surface area contributed by atoms with Crippen LogP contribution < -0.4 is 0 Å². The summed E-state index contributed by atoms with van der Waals surface area (Å²) in [7, 11) is 0. The highest BCUT2D eigenvalue weighted by molar-refractivity contribution is 5.66. The van der Waals surface area contributed by atoms with Crippen molar-refractivity contribution in [3.05, 3.63) is 36.5 Å². The van der Waals surface area contributed by atoms with Crippen molar-refractivity contribution in [2.75, 3.05) is 0 Å². The number of hydrogen-bond donors (Lipinski definition) is 1. The number of hydrogen-bond acceptors (Lipinski definition) is 1. The second-order valence-electron chi connectivity index (χ2n) is 5.50. The Hall–Kier alpha value is -1.31. The van der Waals surface area contributed by atoms with E-state index < -0.39 is 5.97 Å². The van der Waals surface area contributed by atoms with E-state index in [0.29, 0.717) is 0 Å². The monoisotopic (exact) mass is 278 g/mol. The summed E-state index contributed by atoms with van der Waals surface area (Å²) in [5, 5.41) is 8.48. The second kappa shape index (κ2) is 14.1. The molecule has 0 saturated heterocycles. The van der Waals surface area contributed by atoms with Crippen molar-refractivity contribution < 1.29 is 9.90 Å². The van der Waals surface area contributed by atoms with Crippen molar-refractivity contribution in [3.8, 4) is 0 Å². The molecular weight excluding hydrogens is 248 g/mol. The summed E-state index contributed by atoms with van der Waals surface area (Å²) in [6.07, 6.45) is 20.6. The van der Waals surface area contributed by atoms with E-state index in [1.165, 1.54) is 12.8 Å². The molecule has 0 bridgehead atoms. The lowest BCUT2D eigenvalue weighted by molar-refractivity contribution is -0.137. The summed E-state index contributed by atoms with van der Waals surface area (Å²) in [5.41, 5.74) is 0. The van der Waals surface area contributed by atoms with Gasteiger partial charge >= 0.3 is 5.97 Å². The third-order valence-electron chi connectivity index (χ3n) is 2.97. The number of aliphatic carboxylic acids is 1. The fourth-order valence-corrected chi connectivity index (χ4v) is 1.75. The zero-order chi connectivity index (χ0) is 15.1. The Balaban J connectivity index is 3.36. The zero-order valence-electron chi connectivity index (χ0n) is 13.1. The summed E-state index contributed by atoms with van der Waals surface area (Å²) in [5.74, 6) is 0.0918. The molecule has 0 rings (SSSR count). The van der Waals surface area contributed by atoms with Crippen LogP contribution in [-0.4, -0.2) is 11.1 Å². The summed E-state index contributed by atoms with van der Waals surface area (Å²) in [6, 6.07) is 0. The van der Waals surface area contributed by atoms with E-state index in [4.69, 9.17) is 5.11 Å². The van der Waals surface area contributed by atoms with Gasteiger partial charge in [0.15, 0.2) is 0 Å². The van der Waals surface area contributed by atoms with Gasteiger partial charge in [0.05, 0.1) is 0 Å². The van der Waals surface area contributed by atoms with E-state index in [9.17, 15) is 4.79 Å². The number of carbonyl (C=O) groups is 1. The van der Waals surface area contributed by atoms with Crippen LogP contribution in [0.3, 0.4) is 0 Å². The fraction of sp³-hybridized carbons (Fsp3) is 0.611. The first-order valence-corrected chi connectivity index (χ1v) is 7.79. The molecule has 0 fully saturated rings. The van der Waals surface area contributed by atoms with Crippen molar-refractivity contribution >= 4 is 5.97 Å². The van der Waals surface area contributed by atoms with Crippen LogP contribution in [0, 0.1) is 5.92 Å². The molecule has 0 radical (unpaired) electrons. The first kappa shape index (κ1) is 18.7. The molecule has 0 aromatic rings. The highest BCUT2D eigenvalue weighted by Gasteiger charge is 1.93. The average Bonchev–Trinajstić information content (AvgIpc) is 2.38. The van der Waals surface area contributed by atoms with Gasteiger partial charge in [-0.2, -0.15) is 0 Å². The molecular formula is C18H30O2. The number of allylic oxidation sites excluding steroid dienone is 6. The van der Waals surface area contributed by atoms with Gasteiger partial charge in [-0.15, -0.1) is 0 Å². The van der Waals surface area contributed by atoms with Gasteiger partial charge in [-0.05, 0) is 50.9 Å². The quantitative estimate of drug-likeness (QED) is 0.377. The molecule has 2 nitrogen and oxygen atoms in total. The number of unbranched alkanes of at least 4 members (excludes halogenated alkanes) is 2. The molecule has 0 aliphatic rings. The molecule has 1 N–H and O–H groups in total. The van der Waals surface area contributed by atoms with Crippen molar-refractivity contribution in [2.24, 2.45) is 5.92 Å². The largest absolute Gasteiger partial charge is 0.481 e. The molecule has 114 valence electrons. The highest BCUT2D eigenvalue weighted by Crippen LogP contribution is 2.04. The number of rotatable bonds is 12. The summed E-state index contributed by atoms with van der Waals surface area (Å²) in [6.45, 7) is 4.50. The van der Waals surface area contributed by atoms with E-state index in [1.54, 1.807) is 0 Å². The van der Waals surface area contributed by atoms with Gasteiger partial charge in [0, 0.05) is 6.42 Å². The Labute approximate surface area is 124 Å². The Kier molecular flexibility index (Phi) is 13.2. The van der Waals surface area contributed by atoms with E-state index in [-0.39, 0.29) is 6.42 Å². The maximum atomic E-state index is 10.3. The molecule has 0 atom stereocenters. The standard InChI is InChI=1S/C18H30O2/c1-17(2)15-13-11-9-7-5-3-4-6-8-10-12-14-16-18(19)20/h3,5-6,8-9,11,17H,4,7,10,12-16H2,1-2H3,(H,19,20)/b5-3+,8-6+,11-9+. The van der Waals surface area contributed by atoms with Gasteiger partial charge in [-0.3, -0.25) is 4.79 Å². The zero-order valence-corrected chi connectivity index (χ0v) is 13.1. The molecule has 0 aliphatic carbocycles. The fourth-order valence-electron chi connectivity index (χ4n) is 1.75. The molecule has 0 unspecified atom stereocenters. The Morgan fingerprint density at radius 3 is 2.00 bits per heavy atom. The molecule has 0 spiro atoms. The topological polar surface area (TPSA) is 37.3 Å². The minimum absolute atomic E-state index is 0.289. The van der Waals surface area contributed by atoms with Gasteiger partial charge in [0.1, 0.15) is 0 Å². The predicted octanol–water partition coefficient (Wildman–Crippen LogP) is 5.52. The Bertz CT molecular complexity index is 311. The molecule has 2 heteroatoms. The van der Waals surface area contributed by atoms with Crippen molar-refractivity contribution in [2.45, 2.75) is 65.2 Å². The summed E-state index contributed by atoms with van der Waals surface area (Å²) in [4.78, 5) is 10.3. The van der Waals surface area contributed by atoms with Crippen LogP contribution in [0.5, 0.6) is 0 Å². The summed E-state index contributed by atoms with van der Waals surface area (Å²) < 4.78 is 0. The minimum atomic E-state index is -0.696. The molecule has 0 aliphatic heterocycles. The van der Waals surface area contributed by atoms with E-state index in [1.807, 2.05) is 0 Å². The van der Waals surface area contributed by atoms with E-state index in [2.05, 4.69) is 50.3 Å². The molecule has 0 aromatic heterocycles. The van der Waals surface area contributed by atoms with Crippen LogP contribution in [-0.2, 0) is 4.79 Å². The van der Waals surface area contributed by atoms with Crippen LogP contribution in [0.2, 0.25) is 0 Å². The van der Waals surface area contributed by atoms with Crippen LogP contribution in [0.25, 0.3) is 0 Å². The second-order valence-corrected chi connectivity index (χ2v) is 5.50. The first-order valence-electron chi connectivity index (χ1n) is 7.79. The Morgan fingerprint density at radius 1 is 0.900 bits per heavy atom. The molecule has 0 saturated carbocycles. The predicted molar refractivity (Wildman–Crippen MR) is 86.8 cm³/mol. The molecule has 0 amide bonds. The van der Waals surface area contributed by atoms with Crippen molar-refractivity contribution in [1.29, 1.82) is 0 Å². The maximum Gasteiger partial charge on any atom is 0.303 e. The normalized spacial score (nSPS) is 12.3. The SMILES string of the molecule is CC(C)CC/C=C/C/C=C/C/C=C/CCCCC(=O)O. The molecule has 0 aromatic carbocycles. The van der Waals surface area contributed by atoms with Crippen molar-refractivity contribution in [3.63, 3.8) is 0 Å². The highest BCUT2D eigenvalue weighted by atomic mass is 16.4. The summed E-state index contributed by atoms with van der Waals surface area (Å²) >= 11 is 0. The van der Waals surface area contributed by atoms with Crippen molar-refractivity contribution in [1.82, 2.24) is 0 Å². The van der Waals surface area contributed by atoms with Gasteiger partial charge in [-0.25, -0.2) is 0 Å². The lowest BCUT2D eigenvalue weighted by Gasteiger charge is -1.98. The van der Waals surface area contributed by atoms with Gasteiger partial charge in [-0.1, -0.05) is 50.3 Å². The van der Waals surface area contributed by atoms with Crippen LogP contribution in [0.1, 0.15) is 65.2 Å².